The summed E-state index contributed by atoms with van der Waals surface area (Å²) in [4.78, 5) is 12.8. The molecule has 0 aromatic carbocycles. The van der Waals surface area contributed by atoms with Crippen LogP contribution in [0.2, 0.25) is 0 Å². The molecule has 1 saturated heterocycles. The maximum Gasteiger partial charge on any atom is 0.407 e. The van der Waals surface area contributed by atoms with Crippen LogP contribution in [0.15, 0.2) is 12.2 Å². The van der Waals surface area contributed by atoms with Crippen molar-refractivity contribution in [3.63, 3.8) is 0 Å². The minimum absolute atomic E-state index is 0.0911. The Morgan fingerprint density at radius 2 is 1.26 bits per heavy atom. The van der Waals surface area contributed by atoms with Crippen LogP contribution >= 0.6 is 0 Å². The van der Waals surface area contributed by atoms with E-state index in [2.05, 4.69) is 5.32 Å². The highest BCUT2D eigenvalue weighted by atomic mass is 16.6. The van der Waals surface area contributed by atoms with E-state index in [0.717, 1.165) is 0 Å². The van der Waals surface area contributed by atoms with Gasteiger partial charge in [-0.2, -0.15) is 0 Å². The molecule has 12 heteroatoms. The molecule has 0 saturated carbocycles. The zero-order valence-corrected chi connectivity index (χ0v) is 21.5. The normalized spacial score (nSPS) is 37.3. The lowest BCUT2D eigenvalue weighted by molar-refractivity contribution is -0.212. The molecular weight excluding hydrogens is 466 g/mol. The zero-order valence-electron chi connectivity index (χ0n) is 21.5. The molecule has 2 aliphatic rings. The van der Waals surface area contributed by atoms with Gasteiger partial charge >= 0.3 is 6.09 Å². The number of ether oxygens (including phenoxy) is 10. The molecule has 1 N–H and O–H groups in total. The van der Waals surface area contributed by atoms with Gasteiger partial charge in [-0.05, 0) is 0 Å². The molecule has 0 aliphatic carbocycles. The van der Waals surface area contributed by atoms with Crippen LogP contribution in [-0.4, -0.2) is 137 Å². The van der Waals surface area contributed by atoms with Gasteiger partial charge in [-0.15, -0.1) is 0 Å². The Labute approximate surface area is 207 Å². The number of methoxy groups -OCH3 is 6. The van der Waals surface area contributed by atoms with Gasteiger partial charge in [-0.1, -0.05) is 12.2 Å². The monoisotopic (exact) mass is 507 g/mol. The largest absolute Gasteiger partial charge is 0.440 e. The van der Waals surface area contributed by atoms with E-state index >= 15 is 0 Å². The van der Waals surface area contributed by atoms with Crippen molar-refractivity contribution in [1.29, 1.82) is 0 Å². The number of amides is 1. The molecule has 0 unspecified atom stereocenters. The Morgan fingerprint density at radius 1 is 0.714 bits per heavy atom. The summed E-state index contributed by atoms with van der Waals surface area (Å²) >= 11 is 0. The molecule has 0 spiro atoms. The lowest BCUT2D eigenvalue weighted by Crippen LogP contribution is -2.58. The SMILES string of the molecule is CO[C@H]1[C@H](OC)[C@H](OC)COC/C=C\COC[C@H]2OC[C@H](OC)[C@@H](OC)[C@@H]2OC(=O)NC[C@@H]1OC. The van der Waals surface area contributed by atoms with Gasteiger partial charge in [0.05, 0.1) is 33.0 Å². The highest BCUT2D eigenvalue weighted by Gasteiger charge is 2.44. The van der Waals surface area contributed by atoms with E-state index < -0.39 is 54.9 Å². The first-order valence-corrected chi connectivity index (χ1v) is 11.6. The topological polar surface area (TPSA) is 121 Å². The Morgan fingerprint density at radius 3 is 1.83 bits per heavy atom. The fourth-order valence-corrected chi connectivity index (χ4v) is 4.22. The van der Waals surface area contributed by atoms with Gasteiger partial charge in [-0.25, -0.2) is 4.79 Å². The Balaban J connectivity index is 2.23. The minimum atomic E-state index is -0.756. The van der Waals surface area contributed by atoms with Crippen molar-refractivity contribution in [2.45, 2.75) is 48.8 Å². The van der Waals surface area contributed by atoms with E-state index in [1.54, 1.807) is 28.4 Å². The predicted molar refractivity (Wildman–Crippen MR) is 124 cm³/mol. The van der Waals surface area contributed by atoms with Crippen molar-refractivity contribution in [3.8, 4) is 0 Å². The quantitative estimate of drug-likeness (QED) is 0.495. The fraction of sp³-hybridized carbons (Fsp3) is 0.870. The molecule has 0 radical (unpaired) electrons. The van der Waals surface area contributed by atoms with Gasteiger partial charge < -0.3 is 52.7 Å². The third kappa shape index (κ3) is 8.62. The molecule has 0 aromatic rings. The fourth-order valence-electron chi connectivity index (χ4n) is 4.22. The molecule has 12 nitrogen and oxygen atoms in total. The average molecular weight is 508 g/mol. The number of carbonyl (C=O) groups is 1. The molecule has 204 valence electrons. The number of hydrogen-bond acceptors (Lipinski definition) is 11. The summed E-state index contributed by atoms with van der Waals surface area (Å²) in [6.45, 7) is 1.55. The zero-order chi connectivity index (χ0) is 25.6. The number of fused-ring (bicyclic) bond motifs is 1. The van der Waals surface area contributed by atoms with E-state index in [1.807, 2.05) is 12.2 Å². The molecule has 1 fully saturated rings. The third-order valence-electron chi connectivity index (χ3n) is 6.16. The summed E-state index contributed by atoms with van der Waals surface area (Å²) in [7, 11) is 9.29. The second-order valence-corrected chi connectivity index (χ2v) is 8.09. The van der Waals surface area contributed by atoms with Crippen molar-refractivity contribution < 1.29 is 52.2 Å². The maximum absolute atomic E-state index is 12.8. The second-order valence-electron chi connectivity index (χ2n) is 8.09. The standard InChI is InChI=1S/C23H41NO11/c1-26-15-11-24-23(25)35-22-18(34-14-17(28-3)21(22)31-6)13-33-10-8-7-9-32-12-16(27-2)20(30-5)19(15)29-4/h7-8,15-22H,9-14H2,1-6H3,(H,24,25)/b8-7-/t15-,16+,17-,18+,19+,20+,21+,22+/m0/s1. The van der Waals surface area contributed by atoms with E-state index in [9.17, 15) is 4.79 Å². The van der Waals surface area contributed by atoms with Gasteiger partial charge in [0.1, 0.15) is 42.7 Å². The van der Waals surface area contributed by atoms with Crippen LogP contribution in [-0.2, 0) is 47.4 Å². The van der Waals surface area contributed by atoms with E-state index in [0.29, 0.717) is 13.2 Å². The summed E-state index contributed by atoms with van der Waals surface area (Å²) in [5.74, 6) is 0. The average Bonchev–Trinajstić information content (AvgIpc) is 2.87. The summed E-state index contributed by atoms with van der Waals surface area (Å²) in [6.07, 6.45) is -1.31. The highest BCUT2D eigenvalue weighted by molar-refractivity contribution is 5.67. The van der Waals surface area contributed by atoms with E-state index in [4.69, 9.17) is 47.4 Å². The van der Waals surface area contributed by atoms with E-state index in [-0.39, 0.29) is 26.4 Å². The predicted octanol–water partition coefficient (Wildman–Crippen LogP) is 0.173. The molecular formula is C23H41NO11. The van der Waals surface area contributed by atoms with Gasteiger partial charge in [0, 0.05) is 49.2 Å². The number of hydrogen-bond donors (Lipinski definition) is 1. The van der Waals surface area contributed by atoms with Crippen LogP contribution in [0.1, 0.15) is 0 Å². The lowest BCUT2D eigenvalue weighted by Gasteiger charge is -2.40. The minimum Gasteiger partial charge on any atom is -0.440 e. The van der Waals surface area contributed by atoms with Crippen LogP contribution in [0, 0.1) is 0 Å². The molecule has 0 aromatic heterocycles. The van der Waals surface area contributed by atoms with Crippen LogP contribution in [0.5, 0.6) is 0 Å². The van der Waals surface area contributed by atoms with Crippen LogP contribution in [0.25, 0.3) is 0 Å². The number of alkyl carbamates (subject to hydrolysis) is 1. The third-order valence-corrected chi connectivity index (χ3v) is 6.16. The van der Waals surface area contributed by atoms with Crippen molar-refractivity contribution in [2.24, 2.45) is 0 Å². The summed E-state index contributed by atoms with van der Waals surface area (Å²) in [6, 6.07) is 0. The number of rotatable bonds is 6. The summed E-state index contributed by atoms with van der Waals surface area (Å²) in [5.41, 5.74) is 0. The van der Waals surface area contributed by atoms with Crippen LogP contribution in [0.3, 0.4) is 0 Å². The molecule has 2 heterocycles. The first kappa shape index (κ1) is 29.9. The Hall–Kier alpha value is -1.35. The summed E-state index contributed by atoms with van der Waals surface area (Å²) in [5, 5.41) is 2.74. The van der Waals surface area contributed by atoms with Crippen LogP contribution < -0.4 is 5.32 Å². The summed E-state index contributed by atoms with van der Waals surface area (Å²) < 4.78 is 56.8. The second kappa shape index (κ2) is 16.4. The molecule has 8 atom stereocenters. The smallest absolute Gasteiger partial charge is 0.407 e. The Bertz CT molecular complexity index is 622. The van der Waals surface area contributed by atoms with Gasteiger partial charge in [0.2, 0.25) is 0 Å². The lowest BCUT2D eigenvalue weighted by atomic mass is 10.00. The molecule has 2 aliphatic heterocycles. The van der Waals surface area contributed by atoms with Gasteiger partial charge in [0.15, 0.2) is 6.10 Å². The number of nitrogens with one attached hydrogen (secondary N) is 1. The Kier molecular flexibility index (Phi) is 14.0. The highest BCUT2D eigenvalue weighted by Crippen LogP contribution is 2.24. The molecule has 1 amide bonds. The van der Waals surface area contributed by atoms with Crippen molar-refractivity contribution in [2.75, 3.05) is 82.2 Å². The molecule has 0 bridgehead atoms. The maximum atomic E-state index is 12.8. The van der Waals surface area contributed by atoms with E-state index in [1.165, 1.54) is 14.2 Å². The first-order valence-electron chi connectivity index (χ1n) is 11.6. The van der Waals surface area contributed by atoms with Gasteiger partial charge in [0.25, 0.3) is 0 Å². The van der Waals surface area contributed by atoms with Crippen molar-refractivity contribution in [1.82, 2.24) is 5.32 Å². The van der Waals surface area contributed by atoms with Crippen molar-refractivity contribution in [3.05, 3.63) is 12.2 Å². The van der Waals surface area contributed by atoms with Gasteiger partial charge in [-0.3, -0.25) is 0 Å². The van der Waals surface area contributed by atoms with Crippen LogP contribution in [0.4, 0.5) is 4.79 Å². The van der Waals surface area contributed by atoms with Crippen molar-refractivity contribution >= 4 is 6.09 Å². The first-order chi connectivity index (χ1) is 17.0. The molecule has 2 rings (SSSR count). The number of carbonyl (C=O) groups excluding carboxylic acids is 1. The molecule has 35 heavy (non-hydrogen) atoms.